The highest BCUT2D eigenvalue weighted by Gasteiger charge is 2.29. The topological polar surface area (TPSA) is 118 Å². The Kier molecular flexibility index (Phi) is 6.93. The van der Waals surface area contributed by atoms with Crippen LogP contribution in [-0.2, 0) is 16.0 Å². The zero-order valence-corrected chi connectivity index (χ0v) is 19.6. The number of fused-ring (bicyclic) bond motifs is 3. The van der Waals surface area contributed by atoms with Gasteiger partial charge in [-0.1, -0.05) is 48.5 Å². The number of carboxylic acids is 1. The molecule has 1 aliphatic rings. The number of alkyl carbamates (subject to hydrolysis) is 1. The first-order valence-electron chi connectivity index (χ1n) is 10.9. The zero-order chi connectivity index (χ0) is 24.2. The molecule has 2 aromatic carbocycles. The predicted molar refractivity (Wildman–Crippen MR) is 128 cm³/mol. The number of rotatable bonds is 8. The number of nitrogens with one attached hydrogen (secondary N) is 2. The highest BCUT2D eigenvalue weighted by Crippen LogP contribution is 2.44. The Balaban J connectivity index is 1.26. The quantitative estimate of drug-likeness (QED) is 0.453. The molecule has 1 aromatic heterocycles. The Bertz CT molecular complexity index is 1190. The molecule has 2 amide bonds. The van der Waals surface area contributed by atoms with Gasteiger partial charge >= 0.3 is 12.1 Å². The normalized spacial score (nSPS) is 13.0. The van der Waals surface area contributed by atoms with Crippen LogP contribution in [0.3, 0.4) is 0 Å². The van der Waals surface area contributed by atoms with E-state index in [0.717, 1.165) is 22.3 Å². The molecule has 0 fully saturated rings. The van der Waals surface area contributed by atoms with Gasteiger partial charge in [-0.25, -0.2) is 14.6 Å². The number of hydrogen-bond donors (Lipinski definition) is 3. The fourth-order valence-electron chi connectivity index (χ4n) is 4.08. The average molecular weight is 480 g/mol. The summed E-state index contributed by atoms with van der Waals surface area (Å²) in [5, 5.41) is 15.0. The van der Waals surface area contributed by atoms with Crippen molar-refractivity contribution in [3.8, 4) is 11.1 Å². The molecule has 4 rings (SSSR count). The van der Waals surface area contributed by atoms with Crippen molar-refractivity contribution < 1.29 is 24.2 Å². The summed E-state index contributed by atoms with van der Waals surface area (Å²) in [6, 6.07) is 15.4. The number of aromatic nitrogens is 1. The lowest BCUT2D eigenvalue weighted by atomic mass is 9.98. The summed E-state index contributed by atoms with van der Waals surface area (Å²) in [6.45, 7) is 3.72. The summed E-state index contributed by atoms with van der Waals surface area (Å²) >= 11 is 1.29. The Morgan fingerprint density at radius 2 is 1.71 bits per heavy atom. The van der Waals surface area contributed by atoms with Crippen molar-refractivity contribution in [1.82, 2.24) is 15.6 Å². The van der Waals surface area contributed by atoms with Gasteiger partial charge in [0.05, 0.1) is 5.01 Å². The van der Waals surface area contributed by atoms with Crippen molar-refractivity contribution in [3.63, 3.8) is 0 Å². The van der Waals surface area contributed by atoms with Crippen molar-refractivity contribution in [3.05, 3.63) is 75.2 Å². The molecule has 1 aliphatic carbocycles. The molecule has 9 heteroatoms. The maximum atomic E-state index is 12.4. The Hall–Kier alpha value is -3.72. The minimum absolute atomic E-state index is 0.0385. The summed E-state index contributed by atoms with van der Waals surface area (Å²) in [6.07, 6.45) is -0.256. The molecule has 0 saturated carbocycles. The monoisotopic (exact) mass is 479 g/mol. The van der Waals surface area contributed by atoms with Crippen LogP contribution in [0.25, 0.3) is 11.1 Å². The number of carbonyl (C=O) groups excluding carboxylic acids is 2. The number of carboxylic acid groups (broad SMARTS) is 1. The Labute approximate surface area is 201 Å². The molecule has 3 aromatic rings. The van der Waals surface area contributed by atoms with Gasteiger partial charge in [0.2, 0.25) is 5.91 Å². The molecule has 0 unspecified atom stereocenters. The molecular formula is C25H25N3O5S. The number of ether oxygens (including phenoxy) is 1. The number of carbonyl (C=O) groups is 3. The summed E-state index contributed by atoms with van der Waals surface area (Å²) in [7, 11) is 0. The van der Waals surface area contributed by atoms with Crippen LogP contribution in [0.15, 0.2) is 48.5 Å². The second-order valence-electron chi connectivity index (χ2n) is 8.05. The first-order valence-corrected chi connectivity index (χ1v) is 11.8. The van der Waals surface area contributed by atoms with Gasteiger partial charge in [0, 0.05) is 23.8 Å². The van der Waals surface area contributed by atoms with Gasteiger partial charge in [-0.2, -0.15) is 0 Å². The van der Waals surface area contributed by atoms with Crippen molar-refractivity contribution in [2.45, 2.75) is 32.2 Å². The third-order valence-electron chi connectivity index (χ3n) is 5.75. The molecule has 1 heterocycles. The van der Waals surface area contributed by atoms with Crippen molar-refractivity contribution in [2.75, 3.05) is 13.2 Å². The molecule has 1 atom stereocenters. The van der Waals surface area contributed by atoms with E-state index in [4.69, 9.17) is 9.84 Å². The van der Waals surface area contributed by atoms with Crippen LogP contribution in [0.5, 0.6) is 0 Å². The van der Waals surface area contributed by atoms with Gasteiger partial charge < -0.3 is 20.5 Å². The van der Waals surface area contributed by atoms with Gasteiger partial charge in [-0.3, -0.25) is 4.79 Å². The van der Waals surface area contributed by atoms with Crippen molar-refractivity contribution in [1.29, 1.82) is 0 Å². The number of hydrogen-bond acceptors (Lipinski definition) is 6. The molecule has 0 bridgehead atoms. The van der Waals surface area contributed by atoms with Crippen LogP contribution < -0.4 is 10.6 Å². The lowest BCUT2D eigenvalue weighted by Crippen LogP contribution is -2.45. The number of aryl methyl sites for hydroxylation is 1. The van der Waals surface area contributed by atoms with Crippen LogP contribution in [-0.4, -0.2) is 47.3 Å². The van der Waals surface area contributed by atoms with Crippen LogP contribution in [0.4, 0.5) is 4.79 Å². The van der Waals surface area contributed by atoms with Gasteiger partial charge in [-0.15, -0.1) is 11.3 Å². The van der Waals surface area contributed by atoms with Gasteiger partial charge in [0.1, 0.15) is 12.6 Å². The lowest BCUT2D eigenvalue weighted by molar-refractivity contribution is -0.122. The molecular weight excluding hydrogens is 454 g/mol. The third-order valence-corrected chi connectivity index (χ3v) is 6.78. The molecule has 176 valence electrons. The first-order chi connectivity index (χ1) is 16.3. The molecule has 34 heavy (non-hydrogen) atoms. The van der Waals surface area contributed by atoms with Crippen LogP contribution >= 0.6 is 11.3 Å². The third kappa shape index (κ3) is 4.94. The zero-order valence-electron chi connectivity index (χ0n) is 18.8. The van der Waals surface area contributed by atoms with E-state index in [1.165, 1.54) is 11.3 Å². The Morgan fingerprint density at radius 1 is 1.09 bits per heavy atom. The first kappa shape index (κ1) is 23.4. The van der Waals surface area contributed by atoms with Gasteiger partial charge in [0.25, 0.3) is 0 Å². The van der Waals surface area contributed by atoms with Gasteiger partial charge in [0.15, 0.2) is 5.69 Å². The summed E-state index contributed by atoms with van der Waals surface area (Å²) in [4.78, 5) is 40.5. The molecule has 0 saturated heterocycles. The number of nitrogens with zero attached hydrogens (tertiary/aromatic N) is 1. The highest BCUT2D eigenvalue weighted by molar-refractivity contribution is 7.11. The van der Waals surface area contributed by atoms with E-state index in [1.54, 1.807) is 13.8 Å². The molecule has 0 spiro atoms. The molecule has 0 aliphatic heterocycles. The molecule has 8 nitrogen and oxygen atoms in total. The van der Waals surface area contributed by atoms with Crippen LogP contribution in [0.1, 0.15) is 44.3 Å². The summed E-state index contributed by atoms with van der Waals surface area (Å²) in [5.74, 6) is -1.48. The van der Waals surface area contributed by atoms with E-state index in [1.807, 2.05) is 36.4 Å². The van der Waals surface area contributed by atoms with E-state index in [0.29, 0.717) is 16.3 Å². The second-order valence-corrected chi connectivity index (χ2v) is 9.34. The second kappa shape index (κ2) is 10.0. The minimum Gasteiger partial charge on any atom is -0.476 e. The van der Waals surface area contributed by atoms with Crippen LogP contribution in [0, 0.1) is 6.92 Å². The standard InChI is InChI=1S/C25H25N3O5S/c1-14(23(29)26-12-11-21-28-22(24(30)31)15(2)34-21)27-25(32)33-13-20-18-9-5-3-7-16(18)17-8-4-6-10-19(17)20/h3-10,14,20H,11-13H2,1-2H3,(H,26,29)(H,27,32)(H,30,31)/t14-/m0/s1. The van der Waals surface area contributed by atoms with E-state index in [2.05, 4.69) is 27.8 Å². The number of aromatic carboxylic acids is 1. The van der Waals surface area contributed by atoms with E-state index >= 15 is 0 Å². The maximum Gasteiger partial charge on any atom is 0.407 e. The minimum atomic E-state index is -1.06. The number of benzene rings is 2. The number of amides is 2. The summed E-state index contributed by atoms with van der Waals surface area (Å²) in [5.41, 5.74) is 4.56. The fraction of sp³-hybridized carbons (Fsp3) is 0.280. The van der Waals surface area contributed by atoms with E-state index in [-0.39, 0.29) is 30.7 Å². The van der Waals surface area contributed by atoms with E-state index in [9.17, 15) is 14.4 Å². The maximum absolute atomic E-state index is 12.4. The van der Waals surface area contributed by atoms with Gasteiger partial charge in [-0.05, 0) is 36.1 Å². The summed E-state index contributed by atoms with van der Waals surface area (Å²) < 4.78 is 5.48. The largest absolute Gasteiger partial charge is 0.476 e. The van der Waals surface area contributed by atoms with Crippen molar-refractivity contribution >= 4 is 29.3 Å². The Morgan fingerprint density at radius 3 is 2.29 bits per heavy atom. The van der Waals surface area contributed by atoms with Crippen LogP contribution in [0.2, 0.25) is 0 Å². The predicted octanol–water partition coefficient (Wildman–Crippen LogP) is 3.74. The average Bonchev–Trinajstić information content (AvgIpc) is 3.35. The SMILES string of the molecule is Cc1sc(CCNC(=O)[C@H](C)NC(=O)OCC2c3ccccc3-c3ccccc32)nc1C(=O)O. The fourth-order valence-corrected chi connectivity index (χ4v) is 5.01. The number of thiazole rings is 1. The van der Waals surface area contributed by atoms with Crippen molar-refractivity contribution in [2.24, 2.45) is 0 Å². The molecule has 3 N–H and O–H groups in total. The highest BCUT2D eigenvalue weighted by atomic mass is 32.1. The smallest absolute Gasteiger partial charge is 0.407 e. The molecule has 0 radical (unpaired) electrons. The van der Waals surface area contributed by atoms with E-state index < -0.39 is 18.1 Å². The lowest BCUT2D eigenvalue weighted by Gasteiger charge is -2.17.